The molecule has 0 aromatic heterocycles. The number of esters is 1. The number of rotatable bonds is 13. The van der Waals surface area contributed by atoms with E-state index in [4.69, 9.17) is 38.2 Å². The summed E-state index contributed by atoms with van der Waals surface area (Å²) in [5.74, 6) is -3.13. The first-order valence-electron chi connectivity index (χ1n) is 8.68. The van der Waals surface area contributed by atoms with Crippen molar-refractivity contribution in [3.63, 3.8) is 0 Å². The third-order valence-electron chi connectivity index (χ3n) is 3.71. The van der Waals surface area contributed by atoms with Crippen molar-refractivity contribution >= 4 is 52.7 Å². The molecule has 0 aliphatic rings. The number of carbonyl (C=O) groups excluding carboxylic acids is 2. The number of anilines is 1. The number of amides is 1. The van der Waals surface area contributed by atoms with Gasteiger partial charge in [-0.1, -0.05) is 0 Å². The molecule has 3 N–H and O–H groups in total. The summed E-state index contributed by atoms with van der Waals surface area (Å²) in [6, 6.07) is 5.12. The SMILES string of the molecule is O=C(O)CC(NC(=O)CCC(=O)Oc1ccc(N(CCCl)CCCl)cc1)C(=O)O. The lowest BCUT2D eigenvalue weighted by Gasteiger charge is -2.22. The van der Waals surface area contributed by atoms with Crippen molar-refractivity contribution in [1.82, 2.24) is 5.32 Å². The maximum atomic E-state index is 11.9. The number of aliphatic carboxylic acids is 2. The van der Waals surface area contributed by atoms with E-state index in [1.807, 2.05) is 4.90 Å². The maximum absolute atomic E-state index is 11.9. The standard InChI is InChI=1S/C18H22Cl2N2O7/c19-7-9-22(10-8-20)12-1-3-13(4-2-12)29-17(26)6-5-15(23)21-14(18(27)28)11-16(24)25/h1-4,14H,5-11H2,(H,21,23)(H,24,25)(H,27,28). The van der Waals surface area contributed by atoms with Gasteiger partial charge < -0.3 is 25.2 Å². The number of halogens is 2. The van der Waals surface area contributed by atoms with Gasteiger partial charge in [0.25, 0.3) is 0 Å². The zero-order valence-corrected chi connectivity index (χ0v) is 17.0. The molecule has 0 saturated carbocycles. The molecule has 0 radical (unpaired) electrons. The van der Waals surface area contributed by atoms with E-state index in [1.165, 1.54) is 0 Å². The number of nitrogens with zero attached hydrogens (tertiary/aromatic N) is 1. The largest absolute Gasteiger partial charge is 0.481 e. The average molecular weight is 449 g/mol. The molecule has 0 saturated heterocycles. The number of hydrogen-bond donors (Lipinski definition) is 3. The van der Waals surface area contributed by atoms with E-state index < -0.39 is 36.3 Å². The van der Waals surface area contributed by atoms with Gasteiger partial charge >= 0.3 is 17.9 Å². The second kappa shape index (κ2) is 12.8. The molecule has 9 nitrogen and oxygen atoms in total. The first kappa shape index (κ1) is 24.5. The summed E-state index contributed by atoms with van der Waals surface area (Å²) in [6.45, 7) is 1.23. The molecule has 1 aromatic rings. The Balaban J connectivity index is 2.52. The molecule has 1 unspecified atom stereocenters. The lowest BCUT2D eigenvalue weighted by Crippen LogP contribution is -2.42. The second-order valence-electron chi connectivity index (χ2n) is 5.89. The number of hydrogen-bond acceptors (Lipinski definition) is 6. The fraction of sp³-hybridized carbons (Fsp3) is 0.444. The molecule has 11 heteroatoms. The predicted molar refractivity (Wildman–Crippen MR) is 107 cm³/mol. The van der Waals surface area contributed by atoms with Crippen molar-refractivity contribution in [2.45, 2.75) is 25.3 Å². The summed E-state index contributed by atoms with van der Waals surface area (Å²) in [7, 11) is 0. The summed E-state index contributed by atoms with van der Waals surface area (Å²) < 4.78 is 5.14. The van der Waals surface area contributed by atoms with Crippen LogP contribution in [0.15, 0.2) is 24.3 Å². The van der Waals surface area contributed by atoms with E-state index in [-0.39, 0.29) is 18.6 Å². The van der Waals surface area contributed by atoms with Gasteiger partial charge in [-0.05, 0) is 24.3 Å². The third-order valence-corrected chi connectivity index (χ3v) is 4.05. The van der Waals surface area contributed by atoms with E-state index in [1.54, 1.807) is 24.3 Å². The topological polar surface area (TPSA) is 133 Å². The number of alkyl halides is 2. The lowest BCUT2D eigenvalue weighted by atomic mass is 10.2. The van der Waals surface area contributed by atoms with Crippen molar-refractivity contribution < 1.29 is 34.1 Å². The molecule has 1 rings (SSSR count). The van der Waals surface area contributed by atoms with Gasteiger partial charge in [0.1, 0.15) is 11.8 Å². The Morgan fingerprint density at radius 1 is 1.00 bits per heavy atom. The third kappa shape index (κ3) is 9.49. The Morgan fingerprint density at radius 3 is 2.07 bits per heavy atom. The van der Waals surface area contributed by atoms with Crippen LogP contribution in [-0.4, -0.2) is 64.9 Å². The number of nitrogens with one attached hydrogen (secondary N) is 1. The van der Waals surface area contributed by atoms with Crippen LogP contribution in [0.4, 0.5) is 5.69 Å². The van der Waals surface area contributed by atoms with Crippen molar-refractivity contribution in [2.24, 2.45) is 0 Å². The van der Waals surface area contributed by atoms with Gasteiger partial charge in [-0.15, -0.1) is 23.2 Å². The van der Waals surface area contributed by atoms with Gasteiger partial charge in [0.15, 0.2) is 0 Å². The highest BCUT2D eigenvalue weighted by molar-refractivity contribution is 6.18. The van der Waals surface area contributed by atoms with Gasteiger partial charge in [0, 0.05) is 37.0 Å². The monoisotopic (exact) mass is 448 g/mol. The Kier molecular flexibility index (Phi) is 10.9. The number of carboxylic acid groups (broad SMARTS) is 2. The molecular formula is C18H22Cl2N2O7. The van der Waals surface area contributed by atoms with E-state index in [0.717, 1.165) is 5.69 Å². The Bertz CT molecular complexity index is 707. The zero-order chi connectivity index (χ0) is 21.8. The first-order valence-corrected chi connectivity index (χ1v) is 9.75. The van der Waals surface area contributed by atoms with Crippen LogP contribution in [0, 0.1) is 0 Å². The van der Waals surface area contributed by atoms with Crippen molar-refractivity contribution in [2.75, 3.05) is 29.7 Å². The number of carbonyl (C=O) groups is 4. The molecule has 0 spiro atoms. The maximum Gasteiger partial charge on any atom is 0.326 e. The van der Waals surface area contributed by atoms with Crippen LogP contribution >= 0.6 is 23.2 Å². The first-order chi connectivity index (χ1) is 13.8. The molecule has 0 aliphatic heterocycles. The summed E-state index contributed by atoms with van der Waals surface area (Å²) in [4.78, 5) is 47.1. The highest BCUT2D eigenvalue weighted by atomic mass is 35.5. The average Bonchev–Trinajstić information content (AvgIpc) is 2.66. The molecule has 0 heterocycles. The Morgan fingerprint density at radius 2 is 1.59 bits per heavy atom. The second-order valence-corrected chi connectivity index (χ2v) is 6.65. The summed E-state index contributed by atoms with van der Waals surface area (Å²) in [5, 5.41) is 19.6. The molecule has 0 fully saturated rings. The van der Waals surface area contributed by atoms with E-state index in [9.17, 15) is 19.2 Å². The number of benzene rings is 1. The van der Waals surface area contributed by atoms with Crippen molar-refractivity contribution in [3.05, 3.63) is 24.3 Å². The molecule has 29 heavy (non-hydrogen) atoms. The molecular weight excluding hydrogens is 427 g/mol. The van der Waals surface area contributed by atoms with Gasteiger partial charge in [-0.25, -0.2) is 4.79 Å². The molecule has 1 amide bonds. The summed E-state index contributed by atoms with van der Waals surface area (Å²) in [6.07, 6.45) is -1.39. The highest BCUT2D eigenvalue weighted by Gasteiger charge is 2.23. The van der Waals surface area contributed by atoms with E-state index in [2.05, 4.69) is 5.32 Å². The van der Waals surface area contributed by atoms with E-state index in [0.29, 0.717) is 24.8 Å². The number of ether oxygens (including phenoxy) is 1. The minimum absolute atomic E-state index is 0.283. The van der Waals surface area contributed by atoms with Crippen LogP contribution in [-0.2, 0) is 19.2 Å². The van der Waals surface area contributed by atoms with Crippen molar-refractivity contribution in [1.29, 1.82) is 0 Å². The predicted octanol–water partition coefficient (Wildman–Crippen LogP) is 1.70. The molecule has 1 atom stereocenters. The molecule has 0 bridgehead atoms. The Hall–Kier alpha value is -2.52. The molecule has 1 aromatic carbocycles. The van der Waals surface area contributed by atoms with Crippen LogP contribution in [0.25, 0.3) is 0 Å². The van der Waals surface area contributed by atoms with E-state index >= 15 is 0 Å². The fourth-order valence-corrected chi connectivity index (χ4v) is 2.75. The summed E-state index contributed by atoms with van der Waals surface area (Å²) >= 11 is 11.5. The normalized spacial score (nSPS) is 11.4. The van der Waals surface area contributed by atoms with Gasteiger partial charge in [-0.3, -0.25) is 14.4 Å². The fourth-order valence-electron chi connectivity index (χ4n) is 2.34. The quantitative estimate of drug-likeness (QED) is 0.236. The summed E-state index contributed by atoms with van der Waals surface area (Å²) in [5.41, 5.74) is 0.864. The lowest BCUT2D eigenvalue weighted by molar-refractivity contribution is -0.147. The van der Waals surface area contributed by atoms with Gasteiger partial charge in [0.05, 0.1) is 12.8 Å². The molecule has 160 valence electrons. The smallest absolute Gasteiger partial charge is 0.326 e. The minimum Gasteiger partial charge on any atom is -0.481 e. The molecule has 0 aliphatic carbocycles. The van der Waals surface area contributed by atoms with Crippen LogP contribution in [0.5, 0.6) is 5.75 Å². The van der Waals surface area contributed by atoms with Gasteiger partial charge in [0.2, 0.25) is 5.91 Å². The van der Waals surface area contributed by atoms with Gasteiger partial charge in [-0.2, -0.15) is 0 Å². The van der Waals surface area contributed by atoms with Crippen LogP contribution in [0.2, 0.25) is 0 Å². The minimum atomic E-state index is -1.56. The zero-order valence-electron chi connectivity index (χ0n) is 15.5. The van der Waals surface area contributed by atoms with Crippen molar-refractivity contribution in [3.8, 4) is 5.75 Å². The number of carboxylic acids is 2. The van der Waals surface area contributed by atoms with Crippen LogP contribution < -0.4 is 15.0 Å². The van der Waals surface area contributed by atoms with Crippen LogP contribution in [0.1, 0.15) is 19.3 Å². The Labute approximate surface area is 177 Å². The van der Waals surface area contributed by atoms with Crippen LogP contribution in [0.3, 0.4) is 0 Å². The highest BCUT2D eigenvalue weighted by Crippen LogP contribution is 2.20.